The van der Waals surface area contributed by atoms with Crippen LogP contribution in [0.1, 0.15) is 18.5 Å². The minimum atomic E-state index is -4.28. The average molecular weight is 305 g/mol. The third-order valence-corrected chi connectivity index (χ3v) is 3.03. The molecule has 0 aliphatic carbocycles. The van der Waals surface area contributed by atoms with E-state index in [4.69, 9.17) is 9.47 Å². The van der Waals surface area contributed by atoms with Gasteiger partial charge in [-0.1, -0.05) is 6.07 Å². The van der Waals surface area contributed by atoms with E-state index in [0.29, 0.717) is 31.3 Å². The second kappa shape index (κ2) is 7.00. The fraction of sp³-hybridized carbons (Fsp3) is 0.571. The van der Waals surface area contributed by atoms with Gasteiger partial charge in [0, 0.05) is 12.6 Å². The van der Waals surface area contributed by atoms with Gasteiger partial charge in [-0.05, 0) is 24.6 Å². The molecule has 0 amide bonds. The topological polar surface area (TPSA) is 39.7 Å². The van der Waals surface area contributed by atoms with Crippen molar-refractivity contribution in [1.82, 2.24) is 5.32 Å². The van der Waals surface area contributed by atoms with Gasteiger partial charge in [0.05, 0.1) is 6.61 Å². The van der Waals surface area contributed by atoms with Gasteiger partial charge < -0.3 is 19.5 Å². The van der Waals surface area contributed by atoms with E-state index >= 15 is 0 Å². The van der Waals surface area contributed by atoms with Crippen molar-refractivity contribution in [2.24, 2.45) is 0 Å². The number of hydrogen-bond donors (Lipinski definition) is 1. The number of alkyl halides is 3. The SMILES string of the molecule is CC(NCCOCC(F)(F)F)c1ccc2c(c1)OCCO2. The molecular weight excluding hydrogens is 287 g/mol. The Balaban J connectivity index is 1.77. The molecule has 0 aromatic heterocycles. The van der Waals surface area contributed by atoms with E-state index in [9.17, 15) is 13.2 Å². The van der Waals surface area contributed by atoms with Gasteiger partial charge in [0.1, 0.15) is 19.8 Å². The summed E-state index contributed by atoms with van der Waals surface area (Å²) in [5.41, 5.74) is 0.982. The molecule has 0 radical (unpaired) electrons. The Morgan fingerprint density at radius 1 is 1.24 bits per heavy atom. The van der Waals surface area contributed by atoms with Crippen molar-refractivity contribution in [3.63, 3.8) is 0 Å². The fourth-order valence-electron chi connectivity index (χ4n) is 1.98. The van der Waals surface area contributed by atoms with Crippen LogP contribution in [0.2, 0.25) is 0 Å². The van der Waals surface area contributed by atoms with E-state index in [1.807, 2.05) is 25.1 Å². The Labute approximate surface area is 121 Å². The molecule has 118 valence electrons. The Morgan fingerprint density at radius 2 is 1.95 bits per heavy atom. The maximum absolute atomic E-state index is 11.9. The van der Waals surface area contributed by atoms with Gasteiger partial charge >= 0.3 is 6.18 Å². The lowest BCUT2D eigenvalue weighted by atomic mass is 10.1. The number of halogens is 3. The number of nitrogens with one attached hydrogen (secondary N) is 1. The molecule has 4 nitrogen and oxygen atoms in total. The summed E-state index contributed by atoms with van der Waals surface area (Å²) < 4.78 is 51.2. The lowest BCUT2D eigenvalue weighted by molar-refractivity contribution is -0.173. The van der Waals surface area contributed by atoms with Crippen LogP contribution >= 0.6 is 0 Å². The molecule has 0 spiro atoms. The smallest absolute Gasteiger partial charge is 0.411 e. The summed E-state index contributed by atoms with van der Waals surface area (Å²) in [7, 11) is 0. The number of benzene rings is 1. The molecule has 1 N–H and O–H groups in total. The highest BCUT2D eigenvalue weighted by molar-refractivity contribution is 5.44. The third kappa shape index (κ3) is 5.09. The number of fused-ring (bicyclic) bond motifs is 1. The average Bonchev–Trinajstić information content (AvgIpc) is 2.45. The lowest BCUT2D eigenvalue weighted by Crippen LogP contribution is -2.26. The number of hydrogen-bond acceptors (Lipinski definition) is 4. The van der Waals surface area contributed by atoms with Gasteiger partial charge in [0.2, 0.25) is 0 Å². The Hall–Kier alpha value is -1.47. The summed E-state index contributed by atoms with van der Waals surface area (Å²) in [5, 5.41) is 3.10. The molecule has 2 rings (SSSR count). The maximum atomic E-state index is 11.9. The predicted octanol–water partition coefficient (Wildman–Crippen LogP) is 2.69. The van der Waals surface area contributed by atoms with Gasteiger partial charge in [-0.3, -0.25) is 0 Å². The van der Waals surface area contributed by atoms with Gasteiger partial charge in [0.25, 0.3) is 0 Å². The Kier molecular flexibility index (Phi) is 5.30. The summed E-state index contributed by atoms with van der Waals surface area (Å²) in [6.07, 6.45) is -4.28. The minimum Gasteiger partial charge on any atom is -0.486 e. The number of rotatable bonds is 6. The largest absolute Gasteiger partial charge is 0.486 e. The van der Waals surface area contributed by atoms with Gasteiger partial charge in [0.15, 0.2) is 11.5 Å². The second-order valence-corrected chi connectivity index (χ2v) is 4.75. The van der Waals surface area contributed by atoms with Crippen LogP contribution in [0.15, 0.2) is 18.2 Å². The first kappa shape index (κ1) is 15.9. The first-order chi connectivity index (χ1) is 9.96. The zero-order valence-corrected chi connectivity index (χ0v) is 11.7. The van der Waals surface area contributed by atoms with E-state index in [-0.39, 0.29) is 12.6 Å². The van der Waals surface area contributed by atoms with Crippen LogP contribution in [0.25, 0.3) is 0 Å². The normalized spacial score (nSPS) is 15.8. The maximum Gasteiger partial charge on any atom is 0.411 e. The molecule has 0 saturated heterocycles. The molecule has 0 fully saturated rings. The highest BCUT2D eigenvalue weighted by Gasteiger charge is 2.27. The van der Waals surface area contributed by atoms with Crippen molar-refractivity contribution in [2.45, 2.75) is 19.1 Å². The van der Waals surface area contributed by atoms with Crippen molar-refractivity contribution in [3.05, 3.63) is 23.8 Å². The summed E-state index contributed by atoms with van der Waals surface area (Å²) in [4.78, 5) is 0. The van der Waals surface area contributed by atoms with Gasteiger partial charge in [-0.2, -0.15) is 13.2 Å². The first-order valence-corrected chi connectivity index (χ1v) is 6.73. The van der Waals surface area contributed by atoms with Crippen LogP contribution < -0.4 is 14.8 Å². The van der Waals surface area contributed by atoms with Crippen molar-refractivity contribution in [1.29, 1.82) is 0 Å². The molecule has 1 heterocycles. The molecule has 0 bridgehead atoms. The highest BCUT2D eigenvalue weighted by atomic mass is 19.4. The summed E-state index contributed by atoms with van der Waals surface area (Å²) in [6.45, 7) is 2.11. The van der Waals surface area contributed by atoms with Crippen molar-refractivity contribution in [2.75, 3.05) is 33.0 Å². The van der Waals surface area contributed by atoms with Crippen LogP contribution in [0.3, 0.4) is 0 Å². The summed E-state index contributed by atoms with van der Waals surface area (Å²) in [5.74, 6) is 1.41. The van der Waals surface area contributed by atoms with Crippen molar-refractivity contribution in [3.8, 4) is 11.5 Å². The van der Waals surface area contributed by atoms with Crippen molar-refractivity contribution >= 4 is 0 Å². The molecule has 21 heavy (non-hydrogen) atoms. The lowest BCUT2D eigenvalue weighted by Gasteiger charge is -2.21. The Bertz CT molecular complexity index is 465. The monoisotopic (exact) mass is 305 g/mol. The molecule has 1 aliphatic heterocycles. The molecule has 1 atom stereocenters. The quantitative estimate of drug-likeness (QED) is 0.820. The predicted molar refractivity (Wildman–Crippen MR) is 70.7 cm³/mol. The fourth-order valence-corrected chi connectivity index (χ4v) is 1.98. The molecule has 1 aliphatic rings. The number of ether oxygens (including phenoxy) is 3. The van der Waals surface area contributed by atoms with E-state index in [0.717, 1.165) is 5.56 Å². The standard InChI is InChI=1S/C14H18F3NO3/c1-10(18-4-5-19-9-14(15,16)17)11-2-3-12-13(8-11)21-7-6-20-12/h2-3,8,10,18H,4-7,9H2,1H3. The summed E-state index contributed by atoms with van der Waals surface area (Å²) >= 11 is 0. The zero-order chi connectivity index (χ0) is 15.3. The van der Waals surface area contributed by atoms with Crippen LogP contribution in [0.4, 0.5) is 13.2 Å². The zero-order valence-electron chi connectivity index (χ0n) is 11.7. The molecule has 1 unspecified atom stereocenters. The molecule has 7 heteroatoms. The molecule has 1 aromatic carbocycles. The molecule has 1 aromatic rings. The van der Waals surface area contributed by atoms with Crippen LogP contribution in [0, 0.1) is 0 Å². The first-order valence-electron chi connectivity index (χ1n) is 6.73. The van der Waals surface area contributed by atoms with E-state index < -0.39 is 12.8 Å². The van der Waals surface area contributed by atoms with Crippen LogP contribution in [-0.4, -0.2) is 39.1 Å². The minimum absolute atomic E-state index is 0.00834. The van der Waals surface area contributed by atoms with E-state index in [1.54, 1.807) is 0 Å². The van der Waals surface area contributed by atoms with E-state index in [2.05, 4.69) is 10.1 Å². The second-order valence-electron chi connectivity index (χ2n) is 4.75. The van der Waals surface area contributed by atoms with Crippen LogP contribution in [0.5, 0.6) is 11.5 Å². The van der Waals surface area contributed by atoms with Gasteiger partial charge in [-0.15, -0.1) is 0 Å². The third-order valence-electron chi connectivity index (χ3n) is 3.03. The van der Waals surface area contributed by atoms with E-state index in [1.165, 1.54) is 0 Å². The highest BCUT2D eigenvalue weighted by Crippen LogP contribution is 2.32. The van der Waals surface area contributed by atoms with Gasteiger partial charge in [-0.25, -0.2) is 0 Å². The Morgan fingerprint density at radius 3 is 2.67 bits per heavy atom. The molecule has 0 saturated carbocycles. The summed E-state index contributed by atoms with van der Waals surface area (Å²) in [6, 6.07) is 5.60. The van der Waals surface area contributed by atoms with Crippen LogP contribution in [-0.2, 0) is 4.74 Å². The molecular formula is C14H18F3NO3. The van der Waals surface area contributed by atoms with Crippen molar-refractivity contribution < 1.29 is 27.4 Å².